The molecular formula is C3H6ErF3O9S3. The van der Waals surface area contributed by atoms with Crippen molar-refractivity contribution in [2.45, 2.75) is 0 Å². The van der Waals surface area contributed by atoms with E-state index >= 15 is 0 Å². The third-order valence-electron chi connectivity index (χ3n) is 0.401. The Labute approximate surface area is 137 Å². The molecule has 0 bridgehead atoms. The molecule has 1 radical (unpaired) electrons. The van der Waals surface area contributed by atoms with Gasteiger partial charge in [-0.15, -0.1) is 0 Å². The van der Waals surface area contributed by atoms with Gasteiger partial charge < -0.3 is 13.7 Å². The number of halogens is 3. The third-order valence-corrected chi connectivity index (χ3v) is 1.20. The zero-order chi connectivity index (χ0) is 15.6. The molecule has 9 nitrogen and oxygen atoms in total. The van der Waals surface area contributed by atoms with Crippen molar-refractivity contribution in [3.05, 3.63) is 0 Å². The van der Waals surface area contributed by atoms with Gasteiger partial charge in [0.2, 0.25) is 0 Å². The molecule has 0 aliphatic rings. The molecule has 0 heterocycles. The normalized spacial score (nSPS) is 11.1. The fourth-order valence-corrected chi connectivity index (χ4v) is 0. The smallest absolute Gasteiger partial charge is 0.746 e. The minimum absolute atomic E-state index is 0. The molecular weight excluding hydrogens is 500 g/mol. The van der Waals surface area contributed by atoms with Gasteiger partial charge in [0.05, 0.1) is 0 Å². The van der Waals surface area contributed by atoms with Crippen LogP contribution in [0.5, 0.6) is 0 Å². The van der Waals surface area contributed by atoms with Crippen LogP contribution in [0.15, 0.2) is 0 Å². The third kappa shape index (κ3) is 55.3. The van der Waals surface area contributed by atoms with E-state index < -0.39 is 48.4 Å². The van der Waals surface area contributed by atoms with E-state index in [0.717, 1.165) is 0 Å². The summed E-state index contributed by atoms with van der Waals surface area (Å²) >= 11 is 0. The van der Waals surface area contributed by atoms with Crippen molar-refractivity contribution in [1.29, 1.82) is 0 Å². The predicted octanol–water partition coefficient (Wildman–Crippen LogP) is -1.62. The molecule has 0 aromatic carbocycles. The summed E-state index contributed by atoms with van der Waals surface area (Å²) in [5, 5.41) is 0. The Bertz CT molecular complexity index is 420. The Morgan fingerprint density at radius 1 is 0.579 bits per heavy atom. The Balaban J connectivity index is -0.0000000865. The fraction of sp³-hybridized carbons (Fsp3) is 1.00. The van der Waals surface area contributed by atoms with E-state index in [1.807, 2.05) is 0 Å². The van der Waals surface area contributed by atoms with Gasteiger partial charge in [-0.2, -0.15) is 0 Å². The molecule has 19 heavy (non-hydrogen) atoms. The van der Waals surface area contributed by atoms with E-state index in [1.54, 1.807) is 0 Å². The molecule has 0 aliphatic carbocycles. The number of hydrogen-bond donors (Lipinski definition) is 0. The van der Waals surface area contributed by atoms with Gasteiger partial charge in [-0.25, -0.2) is 38.4 Å². The molecule has 0 unspecified atom stereocenters. The van der Waals surface area contributed by atoms with E-state index in [1.165, 1.54) is 0 Å². The van der Waals surface area contributed by atoms with E-state index in [4.69, 9.17) is 38.9 Å². The van der Waals surface area contributed by atoms with E-state index in [9.17, 15) is 13.2 Å². The molecule has 0 amide bonds. The average molecular weight is 507 g/mol. The Kier molecular flexibility index (Phi) is 18.4. The van der Waals surface area contributed by atoms with Crippen LogP contribution in [0.4, 0.5) is 13.2 Å². The summed E-state index contributed by atoms with van der Waals surface area (Å²) in [6.45, 7) is 0. The molecule has 0 atom stereocenters. The maximum atomic E-state index is 10.6. The molecule has 0 aromatic rings. The Hall–Kier alpha value is 0.767. The summed E-state index contributed by atoms with van der Waals surface area (Å²) in [7, 11) is -13.7. The van der Waals surface area contributed by atoms with E-state index in [-0.39, 0.29) is 37.3 Å². The summed E-state index contributed by atoms with van der Waals surface area (Å²) in [6.07, 6.45) is 0. The molecule has 0 saturated heterocycles. The van der Waals surface area contributed by atoms with Crippen LogP contribution in [0.1, 0.15) is 0 Å². The minimum Gasteiger partial charge on any atom is -0.746 e. The second-order valence-electron chi connectivity index (χ2n) is 2.00. The molecule has 0 aromatic heterocycles. The van der Waals surface area contributed by atoms with Gasteiger partial charge in [-0.05, 0) is 0 Å². The van der Waals surface area contributed by atoms with Crippen LogP contribution in [0.25, 0.3) is 0 Å². The first-order valence-corrected chi connectivity index (χ1v) is 7.90. The largest absolute Gasteiger partial charge is 3.00 e. The van der Waals surface area contributed by atoms with Crippen molar-refractivity contribution in [1.82, 2.24) is 0 Å². The van der Waals surface area contributed by atoms with Gasteiger partial charge in [0.15, 0.2) is 18.0 Å². The van der Waals surface area contributed by atoms with Crippen LogP contribution in [-0.4, -0.2) is 56.9 Å². The van der Waals surface area contributed by atoms with Crippen molar-refractivity contribution in [2.75, 3.05) is 18.0 Å². The number of rotatable bonds is 3. The first-order valence-electron chi connectivity index (χ1n) is 3.17. The van der Waals surface area contributed by atoms with Crippen molar-refractivity contribution >= 4 is 30.4 Å². The van der Waals surface area contributed by atoms with Gasteiger partial charge >= 0.3 is 37.3 Å². The van der Waals surface area contributed by atoms with Crippen molar-refractivity contribution in [3.63, 3.8) is 0 Å². The fourth-order valence-electron chi connectivity index (χ4n) is 0. The van der Waals surface area contributed by atoms with Crippen molar-refractivity contribution < 1.29 is 89.4 Å². The van der Waals surface area contributed by atoms with Crippen molar-refractivity contribution in [3.8, 4) is 0 Å². The predicted molar refractivity (Wildman–Crippen MR) is 47.0 cm³/mol. The molecule has 0 rings (SSSR count). The first-order chi connectivity index (χ1) is 7.68. The summed E-state index contributed by atoms with van der Waals surface area (Å²) in [4.78, 5) is 0. The van der Waals surface area contributed by atoms with Crippen LogP contribution < -0.4 is 0 Å². The second kappa shape index (κ2) is 12.5. The quantitative estimate of drug-likeness (QED) is 0.408. The van der Waals surface area contributed by atoms with Gasteiger partial charge in [-0.3, -0.25) is 0 Å². The van der Waals surface area contributed by atoms with Gasteiger partial charge in [0, 0.05) is 0 Å². The van der Waals surface area contributed by atoms with Crippen LogP contribution >= 0.6 is 0 Å². The van der Waals surface area contributed by atoms with Gasteiger partial charge in [0.25, 0.3) is 0 Å². The number of alkyl halides is 3. The van der Waals surface area contributed by atoms with Crippen LogP contribution in [0, 0.1) is 37.3 Å². The van der Waals surface area contributed by atoms with Crippen LogP contribution in [0.3, 0.4) is 0 Å². The SMILES string of the molecule is O=S(=O)([O-])CF.O=S(=O)([O-])CF.O=S(=O)([O-])CF.[Er+3]. The average Bonchev–Trinajstić information content (AvgIpc) is 2.16. The monoisotopic (exact) mass is 505 g/mol. The second-order valence-corrected chi connectivity index (χ2v) is 6.00. The maximum absolute atomic E-state index is 10.6. The van der Waals surface area contributed by atoms with E-state index in [0.29, 0.717) is 0 Å². The van der Waals surface area contributed by atoms with Crippen LogP contribution in [0.2, 0.25) is 0 Å². The van der Waals surface area contributed by atoms with Crippen molar-refractivity contribution in [2.24, 2.45) is 0 Å². The van der Waals surface area contributed by atoms with Gasteiger partial charge in [-0.1, -0.05) is 0 Å². The Morgan fingerprint density at radius 3 is 0.632 bits per heavy atom. The standard InChI is InChI=1S/3CH3FO3S.Er/c3*2-1-6(3,4)5;/h3*1H2,(H,3,4,5);/q;;;+3/p-3. The molecule has 123 valence electrons. The zero-order valence-corrected chi connectivity index (χ0v) is 12.7. The zero-order valence-electron chi connectivity index (χ0n) is 8.44. The minimum atomic E-state index is -4.58. The summed E-state index contributed by atoms with van der Waals surface area (Å²) in [5.74, 6) is 0. The maximum Gasteiger partial charge on any atom is 3.00 e. The van der Waals surface area contributed by atoms with E-state index in [2.05, 4.69) is 0 Å². The summed E-state index contributed by atoms with van der Waals surface area (Å²) in [5.41, 5.74) is 0. The number of hydrogen-bond acceptors (Lipinski definition) is 9. The molecule has 0 fully saturated rings. The molecule has 0 aliphatic heterocycles. The molecule has 0 N–H and O–H groups in total. The molecule has 0 saturated carbocycles. The van der Waals surface area contributed by atoms with Gasteiger partial charge in [0.1, 0.15) is 30.4 Å². The molecule has 0 spiro atoms. The summed E-state index contributed by atoms with van der Waals surface area (Å²) in [6, 6.07) is -5.44. The topological polar surface area (TPSA) is 172 Å². The summed E-state index contributed by atoms with van der Waals surface area (Å²) < 4.78 is 113. The first kappa shape index (κ1) is 28.0. The van der Waals surface area contributed by atoms with Crippen LogP contribution in [-0.2, 0) is 30.4 Å². The Morgan fingerprint density at radius 2 is 0.632 bits per heavy atom. The molecule has 16 heteroatoms.